The summed E-state index contributed by atoms with van der Waals surface area (Å²) in [6, 6.07) is 5.31. The summed E-state index contributed by atoms with van der Waals surface area (Å²) < 4.78 is 6.39. The highest BCUT2D eigenvalue weighted by Crippen LogP contribution is 2.36. The van der Waals surface area contributed by atoms with Gasteiger partial charge in [-0.25, -0.2) is 5.43 Å². The second-order valence-electron chi connectivity index (χ2n) is 5.11. The number of hydrogen-bond acceptors (Lipinski definition) is 7. The second-order valence-corrected chi connectivity index (χ2v) is 5.11. The van der Waals surface area contributed by atoms with E-state index in [0.717, 1.165) is 12.3 Å². The van der Waals surface area contributed by atoms with Crippen molar-refractivity contribution in [2.24, 2.45) is 12.1 Å². The Balaban J connectivity index is 2.24. The number of nitro groups is 1. The molecule has 10 nitrogen and oxygen atoms in total. The molecule has 2 aromatic rings. The zero-order valence-corrected chi connectivity index (χ0v) is 14.0. The third-order valence-electron chi connectivity index (χ3n) is 3.32. The van der Waals surface area contributed by atoms with Gasteiger partial charge in [0.15, 0.2) is 5.75 Å². The van der Waals surface area contributed by atoms with Gasteiger partial charge in [0.1, 0.15) is 5.56 Å². The van der Waals surface area contributed by atoms with Crippen LogP contribution in [0.1, 0.15) is 22.8 Å². The molecule has 0 spiro atoms. The molecule has 0 fully saturated rings. The number of aromatic nitrogens is 1. The Morgan fingerprint density at radius 2 is 2.23 bits per heavy atom. The van der Waals surface area contributed by atoms with E-state index in [0.29, 0.717) is 0 Å². The van der Waals surface area contributed by atoms with Gasteiger partial charge in [0.25, 0.3) is 11.5 Å². The highest BCUT2D eigenvalue weighted by atomic mass is 16.6. The topological polar surface area (TPSA) is 136 Å². The van der Waals surface area contributed by atoms with Gasteiger partial charge in [0.05, 0.1) is 17.7 Å². The van der Waals surface area contributed by atoms with Crippen molar-refractivity contribution in [1.82, 2.24) is 9.99 Å². The lowest BCUT2D eigenvalue weighted by molar-refractivity contribution is -0.386. The lowest BCUT2D eigenvalue weighted by Crippen LogP contribution is -2.29. The van der Waals surface area contributed by atoms with Crippen LogP contribution in [0.2, 0.25) is 0 Å². The van der Waals surface area contributed by atoms with Crippen LogP contribution in [-0.2, 0) is 7.05 Å². The van der Waals surface area contributed by atoms with E-state index in [1.165, 1.54) is 36.0 Å². The summed E-state index contributed by atoms with van der Waals surface area (Å²) in [5, 5.41) is 24.5. The lowest BCUT2D eigenvalue weighted by atomic mass is 10.2. The van der Waals surface area contributed by atoms with Crippen molar-refractivity contribution in [3.05, 3.63) is 62.1 Å². The molecule has 10 heteroatoms. The van der Waals surface area contributed by atoms with Gasteiger partial charge in [0, 0.05) is 24.9 Å². The summed E-state index contributed by atoms with van der Waals surface area (Å²) in [5.41, 5.74) is 1.26. The molecule has 26 heavy (non-hydrogen) atoms. The normalized spacial score (nSPS) is 10.7. The van der Waals surface area contributed by atoms with E-state index in [2.05, 4.69) is 10.5 Å². The Bertz CT molecular complexity index is 935. The van der Waals surface area contributed by atoms with E-state index < -0.39 is 27.8 Å². The molecule has 0 saturated carbocycles. The molecule has 0 aliphatic carbocycles. The number of pyridine rings is 1. The van der Waals surface area contributed by atoms with Crippen LogP contribution in [0.15, 0.2) is 40.4 Å². The minimum absolute atomic E-state index is 0.0774. The maximum absolute atomic E-state index is 12.0. The molecule has 1 aromatic carbocycles. The predicted molar refractivity (Wildman–Crippen MR) is 92.7 cm³/mol. The highest BCUT2D eigenvalue weighted by Gasteiger charge is 2.19. The number of nitro benzene ring substituents is 1. The molecule has 0 saturated heterocycles. The van der Waals surface area contributed by atoms with Crippen LogP contribution < -0.4 is 15.7 Å². The Morgan fingerprint density at radius 3 is 2.88 bits per heavy atom. The molecule has 2 N–H and O–H groups in total. The Labute approximate surface area is 147 Å². The van der Waals surface area contributed by atoms with E-state index in [-0.39, 0.29) is 23.5 Å². The van der Waals surface area contributed by atoms with E-state index >= 15 is 0 Å². The molecule has 0 aliphatic heterocycles. The van der Waals surface area contributed by atoms with E-state index in [9.17, 15) is 24.8 Å². The molecule has 0 aliphatic rings. The summed E-state index contributed by atoms with van der Waals surface area (Å²) in [5.74, 6) is -1.39. The number of aryl methyl sites for hydroxylation is 1. The van der Waals surface area contributed by atoms with Gasteiger partial charge < -0.3 is 14.4 Å². The fourth-order valence-corrected chi connectivity index (χ4v) is 2.09. The molecule has 0 atom stereocenters. The van der Waals surface area contributed by atoms with Crippen LogP contribution in [0.25, 0.3) is 0 Å². The van der Waals surface area contributed by atoms with Crippen molar-refractivity contribution in [3.63, 3.8) is 0 Å². The molecule has 1 amide bonds. The van der Waals surface area contributed by atoms with Crippen LogP contribution in [0.5, 0.6) is 11.5 Å². The first kappa shape index (κ1) is 18.6. The molecule has 1 heterocycles. The predicted octanol–water partition coefficient (Wildman–Crippen LogP) is 1.16. The largest absolute Gasteiger partial charge is 0.500 e. The SMILES string of the molecule is CCOc1cc(/C=N\NC(=O)c2cccn(C)c2=O)cc([N+](=O)[O-])c1O. The summed E-state index contributed by atoms with van der Waals surface area (Å²) in [6.07, 6.45) is 2.65. The molecule has 136 valence electrons. The van der Waals surface area contributed by atoms with E-state index in [1.54, 1.807) is 6.92 Å². The van der Waals surface area contributed by atoms with Gasteiger partial charge in [-0.1, -0.05) is 0 Å². The van der Waals surface area contributed by atoms with E-state index in [4.69, 9.17) is 4.74 Å². The number of rotatable bonds is 6. The summed E-state index contributed by atoms with van der Waals surface area (Å²) >= 11 is 0. The van der Waals surface area contributed by atoms with Crippen molar-refractivity contribution in [1.29, 1.82) is 0 Å². The summed E-state index contributed by atoms with van der Waals surface area (Å²) in [7, 11) is 1.51. The molecule has 0 unspecified atom stereocenters. The third-order valence-corrected chi connectivity index (χ3v) is 3.32. The van der Waals surface area contributed by atoms with Crippen molar-refractivity contribution >= 4 is 17.8 Å². The average molecular weight is 360 g/mol. The smallest absolute Gasteiger partial charge is 0.315 e. The number of hydrogen-bond donors (Lipinski definition) is 2. The fraction of sp³-hybridized carbons (Fsp3) is 0.188. The molecular weight excluding hydrogens is 344 g/mol. The van der Waals surface area contributed by atoms with Crippen LogP contribution in [0.4, 0.5) is 5.69 Å². The first-order chi connectivity index (χ1) is 12.3. The molecular formula is C16H16N4O6. The number of phenolic OH excluding ortho intramolecular Hbond substituents is 1. The van der Waals surface area contributed by atoms with E-state index in [1.807, 2.05) is 0 Å². The quantitative estimate of drug-likeness (QED) is 0.451. The van der Waals surface area contributed by atoms with Gasteiger partial charge in [-0.2, -0.15) is 5.10 Å². The minimum atomic E-state index is -0.762. The third kappa shape index (κ3) is 4.04. The number of phenols is 1. The number of benzene rings is 1. The molecule has 0 radical (unpaired) electrons. The monoisotopic (exact) mass is 360 g/mol. The van der Waals surface area contributed by atoms with Gasteiger partial charge in [0.2, 0.25) is 5.75 Å². The zero-order valence-electron chi connectivity index (χ0n) is 14.0. The maximum Gasteiger partial charge on any atom is 0.315 e. The first-order valence-electron chi connectivity index (χ1n) is 7.48. The zero-order chi connectivity index (χ0) is 19.3. The van der Waals surface area contributed by atoms with Gasteiger partial charge in [-0.3, -0.25) is 19.7 Å². The number of nitrogens with zero attached hydrogens (tertiary/aromatic N) is 3. The van der Waals surface area contributed by atoms with Gasteiger partial charge in [-0.15, -0.1) is 0 Å². The molecule has 2 rings (SSSR count). The lowest BCUT2D eigenvalue weighted by Gasteiger charge is -2.07. The standard InChI is InChI=1S/C16H16N4O6/c1-3-26-13-8-10(7-12(14(13)21)20(24)25)9-17-18-15(22)11-5-4-6-19(2)16(11)23/h4-9,21H,3H2,1-2H3,(H,18,22)/b17-9-. The van der Waals surface area contributed by atoms with Gasteiger partial charge >= 0.3 is 5.69 Å². The van der Waals surface area contributed by atoms with Crippen molar-refractivity contribution in [3.8, 4) is 11.5 Å². The number of ether oxygens (including phenoxy) is 1. The first-order valence-corrected chi connectivity index (χ1v) is 7.48. The fourth-order valence-electron chi connectivity index (χ4n) is 2.09. The number of carbonyl (C=O) groups is 1. The van der Waals surface area contributed by atoms with Crippen molar-refractivity contribution in [2.45, 2.75) is 6.92 Å². The molecule has 1 aromatic heterocycles. The number of nitrogens with one attached hydrogen (secondary N) is 1. The number of carbonyl (C=O) groups excluding carboxylic acids is 1. The van der Waals surface area contributed by atoms with Crippen molar-refractivity contribution in [2.75, 3.05) is 6.61 Å². The van der Waals surface area contributed by atoms with Gasteiger partial charge in [-0.05, 0) is 25.1 Å². The van der Waals surface area contributed by atoms with Crippen LogP contribution in [0.3, 0.4) is 0 Å². The molecule has 0 bridgehead atoms. The minimum Gasteiger partial charge on any atom is -0.500 e. The van der Waals surface area contributed by atoms with Crippen LogP contribution in [-0.4, -0.2) is 33.3 Å². The second kappa shape index (κ2) is 7.92. The summed E-state index contributed by atoms with van der Waals surface area (Å²) in [4.78, 5) is 34.1. The number of aromatic hydroxyl groups is 1. The van der Waals surface area contributed by atoms with Crippen LogP contribution in [0, 0.1) is 10.1 Å². The number of hydrazone groups is 1. The summed E-state index contributed by atoms with van der Waals surface area (Å²) in [6.45, 7) is 1.85. The highest BCUT2D eigenvalue weighted by molar-refractivity contribution is 5.94. The van der Waals surface area contributed by atoms with Crippen molar-refractivity contribution < 1.29 is 19.6 Å². The Hall–Kier alpha value is -3.69. The Morgan fingerprint density at radius 1 is 1.50 bits per heavy atom. The number of amides is 1. The Kier molecular flexibility index (Phi) is 5.68. The average Bonchev–Trinajstić information content (AvgIpc) is 2.59. The maximum atomic E-state index is 12.0. The van der Waals surface area contributed by atoms with Crippen LogP contribution >= 0.6 is 0 Å².